The Bertz CT molecular complexity index is 453. The van der Waals surface area contributed by atoms with Crippen LogP contribution in [-0.4, -0.2) is 41.2 Å². The van der Waals surface area contributed by atoms with Crippen molar-refractivity contribution in [1.82, 2.24) is 0 Å². The van der Waals surface area contributed by atoms with Crippen LogP contribution >= 0.6 is 11.8 Å². The SMILES string of the molecule is CCS[C@@H]1OC2COC(c3ccccc3)O[C@H]2C(O)[C@@H]1C. The lowest BCUT2D eigenvalue weighted by molar-refractivity contribution is -0.311. The lowest BCUT2D eigenvalue weighted by Crippen LogP contribution is -2.57. The molecule has 2 heterocycles. The van der Waals surface area contributed by atoms with Crippen molar-refractivity contribution in [2.45, 2.75) is 43.9 Å². The van der Waals surface area contributed by atoms with Gasteiger partial charge in [-0.3, -0.25) is 0 Å². The van der Waals surface area contributed by atoms with E-state index in [1.165, 1.54) is 0 Å². The maximum atomic E-state index is 10.6. The van der Waals surface area contributed by atoms with Crippen LogP contribution in [-0.2, 0) is 14.2 Å². The van der Waals surface area contributed by atoms with Crippen molar-refractivity contribution in [3.63, 3.8) is 0 Å². The molecule has 3 rings (SSSR count). The van der Waals surface area contributed by atoms with Crippen LogP contribution in [0.1, 0.15) is 25.7 Å². The average Bonchev–Trinajstić information content (AvgIpc) is 2.53. The molecule has 6 atom stereocenters. The van der Waals surface area contributed by atoms with Crippen LogP contribution in [0.25, 0.3) is 0 Å². The number of rotatable bonds is 3. The standard InChI is InChI=1S/C16H22O4S/c1-3-21-16-10(2)13(17)14-12(19-16)9-18-15(20-14)11-7-5-4-6-8-11/h4-8,10,12-17H,3,9H2,1-2H3/t10-,12?,13?,14+,15?,16-/m0/s1. The van der Waals surface area contributed by atoms with Crippen LogP contribution in [0, 0.1) is 5.92 Å². The maximum absolute atomic E-state index is 10.6. The zero-order valence-electron chi connectivity index (χ0n) is 12.3. The molecule has 0 radical (unpaired) electrons. The van der Waals surface area contributed by atoms with Crippen molar-refractivity contribution >= 4 is 11.8 Å². The van der Waals surface area contributed by atoms with Gasteiger partial charge in [-0.1, -0.05) is 44.2 Å². The first-order chi connectivity index (χ1) is 10.2. The van der Waals surface area contributed by atoms with Gasteiger partial charge in [0.15, 0.2) is 6.29 Å². The summed E-state index contributed by atoms with van der Waals surface area (Å²) < 4.78 is 17.8. The number of benzene rings is 1. The third-order valence-corrected chi connectivity index (χ3v) is 5.28. The van der Waals surface area contributed by atoms with E-state index in [0.717, 1.165) is 11.3 Å². The highest BCUT2D eigenvalue weighted by Crippen LogP contribution is 2.39. The van der Waals surface area contributed by atoms with Crippen molar-refractivity contribution in [3.8, 4) is 0 Å². The second kappa shape index (κ2) is 6.67. The fourth-order valence-corrected chi connectivity index (χ4v) is 3.87. The Kier molecular flexibility index (Phi) is 4.86. The molecular weight excluding hydrogens is 288 g/mol. The summed E-state index contributed by atoms with van der Waals surface area (Å²) in [5, 5.41) is 10.6. The molecule has 0 saturated carbocycles. The monoisotopic (exact) mass is 310 g/mol. The third kappa shape index (κ3) is 3.12. The molecule has 21 heavy (non-hydrogen) atoms. The predicted octanol–water partition coefficient (Wildman–Crippen LogP) is 2.58. The van der Waals surface area contributed by atoms with E-state index >= 15 is 0 Å². The summed E-state index contributed by atoms with van der Waals surface area (Å²) in [5.74, 6) is 1.01. The minimum Gasteiger partial charge on any atom is -0.390 e. The molecule has 2 saturated heterocycles. The fraction of sp³-hybridized carbons (Fsp3) is 0.625. The predicted molar refractivity (Wildman–Crippen MR) is 82.0 cm³/mol. The van der Waals surface area contributed by atoms with Gasteiger partial charge in [0.1, 0.15) is 17.6 Å². The van der Waals surface area contributed by atoms with E-state index in [1.807, 2.05) is 37.3 Å². The Morgan fingerprint density at radius 3 is 2.71 bits per heavy atom. The molecule has 0 amide bonds. The summed E-state index contributed by atoms with van der Waals surface area (Å²) in [5.41, 5.74) is 0.979. The van der Waals surface area contributed by atoms with Crippen LogP contribution < -0.4 is 0 Å². The Hall–Kier alpha value is -0.590. The molecule has 2 aliphatic heterocycles. The third-order valence-electron chi connectivity index (χ3n) is 4.08. The number of ether oxygens (including phenoxy) is 3. The number of aliphatic hydroxyl groups excluding tert-OH is 1. The van der Waals surface area contributed by atoms with Gasteiger partial charge in [-0.2, -0.15) is 0 Å². The number of hydrogen-bond acceptors (Lipinski definition) is 5. The van der Waals surface area contributed by atoms with Gasteiger partial charge in [-0.25, -0.2) is 0 Å². The quantitative estimate of drug-likeness (QED) is 0.930. The second-order valence-electron chi connectivity index (χ2n) is 5.52. The minimum absolute atomic E-state index is 0.00623. The smallest absolute Gasteiger partial charge is 0.184 e. The van der Waals surface area contributed by atoms with Gasteiger partial charge in [-0.15, -0.1) is 11.8 Å². The van der Waals surface area contributed by atoms with Gasteiger partial charge in [0.25, 0.3) is 0 Å². The Balaban J connectivity index is 1.71. The number of thioether (sulfide) groups is 1. The molecule has 3 unspecified atom stereocenters. The van der Waals surface area contributed by atoms with Crippen LogP contribution in [0.5, 0.6) is 0 Å². The summed E-state index contributed by atoms with van der Waals surface area (Å²) in [6.45, 7) is 4.57. The number of aliphatic hydroxyl groups is 1. The van der Waals surface area contributed by atoms with E-state index < -0.39 is 12.4 Å². The molecule has 5 heteroatoms. The number of fused-ring (bicyclic) bond motifs is 1. The molecule has 0 bridgehead atoms. The summed E-state index contributed by atoms with van der Waals surface area (Å²) >= 11 is 1.72. The van der Waals surface area contributed by atoms with Gasteiger partial charge in [-0.05, 0) is 5.75 Å². The molecule has 2 fully saturated rings. The Labute approximate surface area is 129 Å². The molecule has 1 aromatic carbocycles. The zero-order chi connectivity index (χ0) is 14.8. The number of hydrogen-bond donors (Lipinski definition) is 1. The molecule has 2 aliphatic rings. The van der Waals surface area contributed by atoms with E-state index in [2.05, 4.69) is 6.92 Å². The molecule has 116 valence electrons. The first-order valence-electron chi connectivity index (χ1n) is 7.48. The van der Waals surface area contributed by atoms with E-state index in [0.29, 0.717) is 6.61 Å². The Morgan fingerprint density at radius 1 is 1.24 bits per heavy atom. The van der Waals surface area contributed by atoms with E-state index in [1.54, 1.807) is 11.8 Å². The lowest BCUT2D eigenvalue weighted by atomic mass is 9.93. The summed E-state index contributed by atoms with van der Waals surface area (Å²) in [6.07, 6.45) is -1.47. The average molecular weight is 310 g/mol. The van der Waals surface area contributed by atoms with Crippen molar-refractivity contribution in [1.29, 1.82) is 0 Å². The fourth-order valence-electron chi connectivity index (χ4n) is 2.86. The Morgan fingerprint density at radius 2 is 2.00 bits per heavy atom. The molecule has 4 nitrogen and oxygen atoms in total. The highest BCUT2D eigenvalue weighted by Gasteiger charge is 2.47. The van der Waals surface area contributed by atoms with Crippen LogP contribution in [0.3, 0.4) is 0 Å². The lowest BCUT2D eigenvalue weighted by Gasteiger charge is -2.47. The van der Waals surface area contributed by atoms with Crippen LogP contribution in [0.2, 0.25) is 0 Å². The van der Waals surface area contributed by atoms with Crippen molar-refractivity contribution in [3.05, 3.63) is 35.9 Å². The van der Waals surface area contributed by atoms with Crippen molar-refractivity contribution in [2.24, 2.45) is 5.92 Å². The molecular formula is C16H22O4S. The summed E-state index contributed by atoms with van der Waals surface area (Å²) in [6, 6.07) is 9.82. The summed E-state index contributed by atoms with van der Waals surface area (Å²) in [7, 11) is 0. The topological polar surface area (TPSA) is 47.9 Å². The molecule has 0 spiro atoms. The van der Waals surface area contributed by atoms with E-state index in [9.17, 15) is 5.11 Å². The maximum Gasteiger partial charge on any atom is 0.184 e. The van der Waals surface area contributed by atoms with Crippen LogP contribution in [0.4, 0.5) is 0 Å². The van der Waals surface area contributed by atoms with Crippen molar-refractivity contribution < 1.29 is 19.3 Å². The van der Waals surface area contributed by atoms with Crippen molar-refractivity contribution in [2.75, 3.05) is 12.4 Å². The second-order valence-corrected chi connectivity index (χ2v) is 6.90. The normalized spacial score (nSPS) is 39.8. The first kappa shape index (κ1) is 15.3. The van der Waals surface area contributed by atoms with E-state index in [-0.39, 0.29) is 23.6 Å². The minimum atomic E-state index is -0.525. The highest BCUT2D eigenvalue weighted by molar-refractivity contribution is 7.99. The van der Waals surface area contributed by atoms with E-state index in [4.69, 9.17) is 14.2 Å². The summed E-state index contributed by atoms with van der Waals surface area (Å²) in [4.78, 5) is 0. The molecule has 1 aromatic rings. The molecule has 0 aliphatic carbocycles. The largest absolute Gasteiger partial charge is 0.390 e. The van der Waals surface area contributed by atoms with Gasteiger partial charge < -0.3 is 19.3 Å². The highest BCUT2D eigenvalue weighted by atomic mass is 32.2. The van der Waals surface area contributed by atoms with Gasteiger partial charge in [0.05, 0.1) is 12.7 Å². The van der Waals surface area contributed by atoms with Crippen LogP contribution in [0.15, 0.2) is 30.3 Å². The van der Waals surface area contributed by atoms with Gasteiger partial charge in [0.2, 0.25) is 0 Å². The zero-order valence-corrected chi connectivity index (χ0v) is 13.2. The first-order valence-corrected chi connectivity index (χ1v) is 8.52. The molecule has 0 aromatic heterocycles. The van der Waals surface area contributed by atoms with Gasteiger partial charge >= 0.3 is 0 Å². The van der Waals surface area contributed by atoms with Gasteiger partial charge in [0, 0.05) is 11.5 Å². The molecule has 1 N–H and O–H groups in total.